The summed E-state index contributed by atoms with van der Waals surface area (Å²) in [4.78, 5) is 15.3. The highest BCUT2D eigenvalue weighted by atomic mass is 16.4. The van der Waals surface area contributed by atoms with E-state index in [0.29, 0.717) is 6.04 Å². The van der Waals surface area contributed by atoms with Crippen molar-refractivity contribution in [2.75, 3.05) is 32.7 Å². The summed E-state index contributed by atoms with van der Waals surface area (Å²) < 4.78 is 0. The van der Waals surface area contributed by atoms with Crippen molar-refractivity contribution in [2.45, 2.75) is 26.8 Å². The summed E-state index contributed by atoms with van der Waals surface area (Å²) in [7, 11) is 0. The largest absolute Gasteiger partial charge is 0.478 e. The summed E-state index contributed by atoms with van der Waals surface area (Å²) in [6.07, 6.45) is 1.30. The second-order valence-corrected chi connectivity index (χ2v) is 4.54. The first-order chi connectivity index (χ1) is 7.52. The zero-order valence-electron chi connectivity index (χ0n) is 10.4. The lowest BCUT2D eigenvalue weighted by Crippen LogP contribution is -2.51. The molecule has 0 aromatic rings. The molecule has 0 saturated carbocycles. The Morgan fingerprint density at radius 2 is 2.19 bits per heavy atom. The van der Waals surface area contributed by atoms with E-state index in [0.717, 1.165) is 38.3 Å². The molecular formula is C12H22N2O2. The van der Waals surface area contributed by atoms with Crippen LogP contribution in [-0.4, -0.2) is 59.6 Å². The number of hydrogen-bond acceptors (Lipinski definition) is 3. The molecule has 16 heavy (non-hydrogen) atoms. The molecule has 92 valence electrons. The summed E-state index contributed by atoms with van der Waals surface area (Å²) in [5.74, 6) is -0.849. The van der Waals surface area contributed by atoms with Crippen molar-refractivity contribution in [1.82, 2.24) is 9.80 Å². The number of nitrogens with zero attached hydrogens (tertiary/aromatic N) is 2. The van der Waals surface area contributed by atoms with Gasteiger partial charge in [-0.1, -0.05) is 12.5 Å². The van der Waals surface area contributed by atoms with E-state index >= 15 is 0 Å². The summed E-state index contributed by atoms with van der Waals surface area (Å²) in [6.45, 7) is 11.3. The van der Waals surface area contributed by atoms with Gasteiger partial charge in [-0.25, -0.2) is 4.79 Å². The highest BCUT2D eigenvalue weighted by molar-refractivity contribution is 5.80. The van der Waals surface area contributed by atoms with Gasteiger partial charge in [-0.05, 0) is 20.4 Å². The molecule has 0 aromatic carbocycles. The third kappa shape index (κ3) is 3.94. The van der Waals surface area contributed by atoms with Gasteiger partial charge < -0.3 is 5.11 Å². The SMILES string of the molecule is CCN1CCN(CC(C)=CC(=O)O)CC1C. The maximum absolute atomic E-state index is 10.5. The third-order valence-corrected chi connectivity index (χ3v) is 3.10. The van der Waals surface area contributed by atoms with Gasteiger partial charge in [-0.15, -0.1) is 0 Å². The molecule has 0 radical (unpaired) electrons. The van der Waals surface area contributed by atoms with Crippen LogP contribution in [0.5, 0.6) is 0 Å². The molecule has 1 N–H and O–H groups in total. The number of rotatable bonds is 4. The monoisotopic (exact) mass is 226 g/mol. The lowest BCUT2D eigenvalue weighted by Gasteiger charge is -2.39. The first kappa shape index (κ1) is 13.2. The Morgan fingerprint density at radius 3 is 2.69 bits per heavy atom. The highest BCUT2D eigenvalue weighted by Gasteiger charge is 2.21. The normalized spacial score (nSPS) is 24.7. The molecule has 0 aromatic heterocycles. The molecule has 0 bridgehead atoms. The third-order valence-electron chi connectivity index (χ3n) is 3.10. The van der Waals surface area contributed by atoms with Crippen LogP contribution in [0.4, 0.5) is 0 Å². The predicted molar refractivity (Wildman–Crippen MR) is 64.5 cm³/mol. The van der Waals surface area contributed by atoms with E-state index < -0.39 is 5.97 Å². The number of aliphatic carboxylic acids is 1. The Kier molecular flexibility index (Phi) is 4.96. The molecule has 1 heterocycles. The zero-order chi connectivity index (χ0) is 12.1. The number of carboxylic acids is 1. The predicted octanol–water partition coefficient (Wildman–Crippen LogP) is 1.04. The minimum atomic E-state index is -0.849. The van der Waals surface area contributed by atoms with Crippen molar-refractivity contribution < 1.29 is 9.90 Å². The van der Waals surface area contributed by atoms with Crippen molar-refractivity contribution in [3.63, 3.8) is 0 Å². The van der Waals surface area contributed by atoms with Gasteiger partial charge in [0.1, 0.15) is 0 Å². The second kappa shape index (κ2) is 6.01. The van der Waals surface area contributed by atoms with Crippen molar-refractivity contribution in [3.8, 4) is 0 Å². The van der Waals surface area contributed by atoms with Gasteiger partial charge in [0.05, 0.1) is 0 Å². The topological polar surface area (TPSA) is 43.8 Å². The molecule has 0 aliphatic carbocycles. The smallest absolute Gasteiger partial charge is 0.328 e. The zero-order valence-corrected chi connectivity index (χ0v) is 10.4. The van der Waals surface area contributed by atoms with Crippen LogP contribution in [0.25, 0.3) is 0 Å². The lowest BCUT2D eigenvalue weighted by atomic mass is 10.1. The quantitative estimate of drug-likeness (QED) is 0.728. The molecule has 1 unspecified atom stereocenters. The Labute approximate surface area is 97.5 Å². The Bertz CT molecular complexity index is 276. The van der Waals surface area contributed by atoms with Crippen molar-refractivity contribution in [1.29, 1.82) is 0 Å². The van der Waals surface area contributed by atoms with Crippen LogP contribution in [0.1, 0.15) is 20.8 Å². The molecule has 4 nitrogen and oxygen atoms in total. The van der Waals surface area contributed by atoms with E-state index in [1.54, 1.807) is 0 Å². The number of carbonyl (C=O) groups is 1. The van der Waals surface area contributed by atoms with Gasteiger partial charge in [-0.2, -0.15) is 0 Å². The number of carboxylic acid groups (broad SMARTS) is 1. The van der Waals surface area contributed by atoms with Crippen LogP contribution in [0.3, 0.4) is 0 Å². The van der Waals surface area contributed by atoms with E-state index in [-0.39, 0.29) is 0 Å². The second-order valence-electron chi connectivity index (χ2n) is 4.54. The van der Waals surface area contributed by atoms with E-state index in [4.69, 9.17) is 5.11 Å². The van der Waals surface area contributed by atoms with Crippen molar-refractivity contribution in [2.24, 2.45) is 0 Å². The van der Waals surface area contributed by atoms with Crippen LogP contribution in [0.2, 0.25) is 0 Å². The number of hydrogen-bond donors (Lipinski definition) is 1. The van der Waals surface area contributed by atoms with Gasteiger partial charge in [0, 0.05) is 38.3 Å². The average Bonchev–Trinajstić information content (AvgIpc) is 2.16. The lowest BCUT2D eigenvalue weighted by molar-refractivity contribution is -0.131. The van der Waals surface area contributed by atoms with Gasteiger partial charge >= 0.3 is 5.97 Å². The first-order valence-corrected chi connectivity index (χ1v) is 5.89. The van der Waals surface area contributed by atoms with Crippen molar-refractivity contribution in [3.05, 3.63) is 11.6 Å². The van der Waals surface area contributed by atoms with Gasteiger partial charge in [-0.3, -0.25) is 9.80 Å². The van der Waals surface area contributed by atoms with E-state index in [1.165, 1.54) is 6.08 Å². The summed E-state index contributed by atoms with van der Waals surface area (Å²) in [5, 5.41) is 8.64. The van der Waals surface area contributed by atoms with Crippen LogP contribution in [0.15, 0.2) is 11.6 Å². The molecule has 0 amide bonds. The van der Waals surface area contributed by atoms with Gasteiger partial charge in [0.25, 0.3) is 0 Å². The summed E-state index contributed by atoms with van der Waals surface area (Å²) in [6, 6.07) is 0.566. The fourth-order valence-corrected chi connectivity index (χ4v) is 2.29. The number of likely N-dealkylation sites (N-methyl/N-ethyl adjacent to an activating group) is 1. The van der Waals surface area contributed by atoms with Crippen LogP contribution >= 0.6 is 0 Å². The minimum Gasteiger partial charge on any atom is -0.478 e. The Morgan fingerprint density at radius 1 is 1.50 bits per heavy atom. The molecule has 0 spiro atoms. The Balaban J connectivity index is 2.43. The molecule has 1 aliphatic heterocycles. The summed E-state index contributed by atoms with van der Waals surface area (Å²) in [5.41, 5.74) is 0.921. The molecule has 1 rings (SSSR count). The van der Waals surface area contributed by atoms with Crippen molar-refractivity contribution >= 4 is 5.97 Å². The molecule has 1 saturated heterocycles. The number of piperazine rings is 1. The maximum Gasteiger partial charge on any atom is 0.328 e. The molecule has 4 heteroatoms. The maximum atomic E-state index is 10.5. The van der Waals surface area contributed by atoms with Crippen LogP contribution in [0, 0.1) is 0 Å². The molecular weight excluding hydrogens is 204 g/mol. The van der Waals surface area contributed by atoms with E-state index in [2.05, 4.69) is 23.6 Å². The first-order valence-electron chi connectivity index (χ1n) is 5.89. The standard InChI is InChI=1S/C12H22N2O2/c1-4-14-6-5-13(9-11(14)3)8-10(2)7-12(15)16/h7,11H,4-6,8-9H2,1-3H3,(H,15,16). The van der Waals surface area contributed by atoms with E-state index in [9.17, 15) is 4.79 Å². The van der Waals surface area contributed by atoms with E-state index in [1.807, 2.05) is 6.92 Å². The average molecular weight is 226 g/mol. The molecule has 1 aliphatic rings. The van der Waals surface area contributed by atoms with Crippen LogP contribution < -0.4 is 0 Å². The fraction of sp³-hybridized carbons (Fsp3) is 0.750. The van der Waals surface area contributed by atoms with Gasteiger partial charge in [0.15, 0.2) is 0 Å². The molecule has 1 atom stereocenters. The van der Waals surface area contributed by atoms with Gasteiger partial charge in [0.2, 0.25) is 0 Å². The fourth-order valence-electron chi connectivity index (χ4n) is 2.29. The van der Waals surface area contributed by atoms with Crippen LogP contribution in [-0.2, 0) is 4.79 Å². The minimum absolute atomic E-state index is 0.566. The molecule has 1 fully saturated rings. The Hall–Kier alpha value is -0.870. The highest BCUT2D eigenvalue weighted by Crippen LogP contribution is 2.10. The summed E-state index contributed by atoms with van der Waals surface area (Å²) >= 11 is 0.